The Morgan fingerprint density at radius 3 is 2.89 bits per heavy atom. The molecule has 1 fully saturated rings. The van der Waals surface area contributed by atoms with Gasteiger partial charge in [0.05, 0.1) is 12.7 Å². The standard InChI is InChI=1S/C14H18FNO2/c1-14(7-4-8-16-9-14)13(17)10-5-3-6-11(18-2)12(10)15/h3,5-6,16H,4,7-9H2,1-2H3. The molecule has 98 valence electrons. The van der Waals surface area contributed by atoms with E-state index in [-0.39, 0.29) is 17.1 Å². The van der Waals surface area contributed by atoms with E-state index in [4.69, 9.17) is 4.74 Å². The lowest BCUT2D eigenvalue weighted by atomic mass is 9.76. The highest BCUT2D eigenvalue weighted by Crippen LogP contribution is 2.32. The van der Waals surface area contributed by atoms with Crippen molar-refractivity contribution in [3.05, 3.63) is 29.6 Å². The van der Waals surface area contributed by atoms with Gasteiger partial charge in [0.2, 0.25) is 0 Å². The normalized spacial score (nSPS) is 23.7. The molecule has 2 rings (SSSR count). The molecule has 0 radical (unpaired) electrons. The summed E-state index contributed by atoms with van der Waals surface area (Å²) in [5, 5.41) is 3.20. The number of ketones is 1. The first kappa shape index (κ1) is 13.0. The zero-order chi connectivity index (χ0) is 13.2. The third-order valence-electron chi connectivity index (χ3n) is 3.57. The van der Waals surface area contributed by atoms with Crippen molar-refractivity contribution in [1.82, 2.24) is 5.32 Å². The fourth-order valence-electron chi connectivity index (χ4n) is 2.42. The average molecular weight is 251 g/mol. The fraction of sp³-hybridized carbons (Fsp3) is 0.500. The number of methoxy groups -OCH3 is 1. The molecule has 0 aliphatic carbocycles. The molecule has 1 saturated heterocycles. The molecule has 0 bridgehead atoms. The first-order valence-electron chi connectivity index (χ1n) is 6.16. The van der Waals surface area contributed by atoms with E-state index in [1.807, 2.05) is 6.92 Å². The number of nitrogens with one attached hydrogen (secondary N) is 1. The first-order valence-corrected chi connectivity index (χ1v) is 6.16. The minimum atomic E-state index is -0.559. The van der Waals surface area contributed by atoms with Crippen molar-refractivity contribution in [1.29, 1.82) is 0 Å². The second kappa shape index (κ2) is 5.06. The van der Waals surface area contributed by atoms with Crippen LogP contribution in [0, 0.1) is 11.2 Å². The van der Waals surface area contributed by atoms with Crippen molar-refractivity contribution < 1.29 is 13.9 Å². The lowest BCUT2D eigenvalue weighted by molar-refractivity contribution is 0.0767. The molecule has 1 aromatic carbocycles. The van der Waals surface area contributed by atoms with E-state index < -0.39 is 11.2 Å². The Morgan fingerprint density at radius 2 is 2.28 bits per heavy atom. The van der Waals surface area contributed by atoms with Crippen molar-refractivity contribution in [3.63, 3.8) is 0 Å². The number of rotatable bonds is 3. The molecule has 1 heterocycles. The van der Waals surface area contributed by atoms with Gasteiger partial charge in [-0.15, -0.1) is 0 Å². The number of ether oxygens (including phenoxy) is 1. The predicted octanol–water partition coefficient (Wildman–Crippen LogP) is 2.41. The Morgan fingerprint density at radius 1 is 1.50 bits per heavy atom. The fourth-order valence-corrected chi connectivity index (χ4v) is 2.42. The Labute approximate surface area is 106 Å². The summed E-state index contributed by atoms with van der Waals surface area (Å²) in [6.07, 6.45) is 1.73. The molecule has 1 aliphatic rings. The highest BCUT2D eigenvalue weighted by Gasteiger charge is 2.36. The van der Waals surface area contributed by atoms with Crippen molar-refractivity contribution in [2.24, 2.45) is 5.41 Å². The first-order chi connectivity index (χ1) is 8.58. The number of hydrogen-bond donors (Lipinski definition) is 1. The van der Waals surface area contributed by atoms with Gasteiger partial charge in [0.1, 0.15) is 0 Å². The van der Waals surface area contributed by atoms with Crippen LogP contribution in [0.25, 0.3) is 0 Å². The summed E-state index contributed by atoms with van der Waals surface area (Å²) in [5.41, 5.74) is -0.397. The molecular weight excluding hydrogens is 233 g/mol. The SMILES string of the molecule is COc1cccc(C(=O)C2(C)CCCNC2)c1F. The summed E-state index contributed by atoms with van der Waals surface area (Å²) in [6, 6.07) is 4.70. The van der Waals surface area contributed by atoms with Crippen molar-refractivity contribution in [2.75, 3.05) is 20.2 Å². The predicted molar refractivity (Wildman–Crippen MR) is 67.5 cm³/mol. The maximum Gasteiger partial charge on any atom is 0.175 e. The van der Waals surface area contributed by atoms with Crippen molar-refractivity contribution in [3.8, 4) is 5.75 Å². The van der Waals surface area contributed by atoms with Gasteiger partial charge in [0, 0.05) is 12.0 Å². The van der Waals surface area contributed by atoms with E-state index in [0.717, 1.165) is 19.4 Å². The largest absolute Gasteiger partial charge is 0.494 e. The van der Waals surface area contributed by atoms with E-state index in [1.54, 1.807) is 6.07 Å². The molecule has 1 aromatic rings. The van der Waals surface area contributed by atoms with Gasteiger partial charge in [0.15, 0.2) is 17.3 Å². The Bertz CT molecular complexity index is 453. The second-order valence-electron chi connectivity index (χ2n) is 4.99. The number of Topliss-reactive ketones (excluding diaryl/α,β-unsaturated/α-hetero) is 1. The lowest BCUT2D eigenvalue weighted by Crippen LogP contribution is -2.43. The van der Waals surface area contributed by atoms with Crippen LogP contribution >= 0.6 is 0 Å². The monoisotopic (exact) mass is 251 g/mol. The minimum Gasteiger partial charge on any atom is -0.494 e. The molecule has 1 atom stereocenters. The molecule has 1 aliphatic heterocycles. The Hall–Kier alpha value is -1.42. The zero-order valence-electron chi connectivity index (χ0n) is 10.8. The highest BCUT2D eigenvalue weighted by molar-refractivity contribution is 6.01. The van der Waals surface area contributed by atoms with Crippen LogP contribution in [0.15, 0.2) is 18.2 Å². The van der Waals surface area contributed by atoms with E-state index in [0.29, 0.717) is 6.54 Å². The highest BCUT2D eigenvalue weighted by atomic mass is 19.1. The van der Waals surface area contributed by atoms with Gasteiger partial charge >= 0.3 is 0 Å². The van der Waals surface area contributed by atoms with Gasteiger partial charge in [-0.05, 0) is 31.5 Å². The topological polar surface area (TPSA) is 38.3 Å². The van der Waals surface area contributed by atoms with Gasteiger partial charge in [-0.25, -0.2) is 4.39 Å². The molecule has 1 unspecified atom stereocenters. The Kier molecular flexibility index (Phi) is 3.66. The molecule has 0 aromatic heterocycles. The van der Waals surface area contributed by atoms with E-state index in [1.165, 1.54) is 19.2 Å². The maximum absolute atomic E-state index is 14.1. The molecular formula is C14H18FNO2. The number of hydrogen-bond acceptors (Lipinski definition) is 3. The van der Waals surface area contributed by atoms with Gasteiger partial charge in [-0.2, -0.15) is 0 Å². The van der Waals surface area contributed by atoms with Crippen LogP contribution in [0.1, 0.15) is 30.1 Å². The van der Waals surface area contributed by atoms with Crippen LogP contribution in [0.3, 0.4) is 0 Å². The summed E-state index contributed by atoms with van der Waals surface area (Å²) in [6.45, 7) is 3.41. The molecule has 0 amide bonds. The summed E-state index contributed by atoms with van der Waals surface area (Å²) < 4.78 is 19.0. The third-order valence-corrected chi connectivity index (χ3v) is 3.57. The van der Waals surface area contributed by atoms with Crippen LogP contribution in [-0.2, 0) is 0 Å². The number of carbonyl (C=O) groups excluding carboxylic acids is 1. The number of piperidine rings is 1. The van der Waals surface area contributed by atoms with E-state index in [2.05, 4.69) is 5.32 Å². The third kappa shape index (κ3) is 2.25. The molecule has 4 heteroatoms. The minimum absolute atomic E-state index is 0.119. The molecule has 1 N–H and O–H groups in total. The van der Waals surface area contributed by atoms with Gasteiger partial charge < -0.3 is 10.1 Å². The van der Waals surface area contributed by atoms with Crippen LogP contribution in [0.4, 0.5) is 4.39 Å². The molecule has 3 nitrogen and oxygen atoms in total. The average Bonchev–Trinajstić information content (AvgIpc) is 2.39. The van der Waals surface area contributed by atoms with Crippen molar-refractivity contribution in [2.45, 2.75) is 19.8 Å². The number of halogens is 1. The summed E-state index contributed by atoms with van der Waals surface area (Å²) >= 11 is 0. The van der Waals surface area contributed by atoms with Crippen LogP contribution < -0.4 is 10.1 Å². The molecule has 18 heavy (non-hydrogen) atoms. The number of benzene rings is 1. The maximum atomic E-state index is 14.1. The lowest BCUT2D eigenvalue weighted by Gasteiger charge is -2.32. The van der Waals surface area contributed by atoms with Crippen molar-refractivity contribution >= 4 is 5.78 Å². The summed E-state index contributed by atoms with van der Waals surface area (Å²) in [5.74, 6) is -0.587. The van der Waals surface area contributed by atoms with Crippen LogP contribution in [-0.4, -0.2) is 26.0 Å². The number of carbonyl (C=O) groups is 1. The smallest absolute Gasteiger partial charge is 0.175 e. The van der Waals surface area contributed by atoms with Gasteiger partial charge in [0.25, 0.3) is 0 Å². The quantitative estimate of drug-likeness (QED) is 0.838. The zero-order valence-corrected chi connectivity index (χ0v) is 10.8. The molecule has 0 saturated carbocycles. The second-order valence-corrected chi connectivity index (χ2v) is 4.99. The molecule has 0 spiro atoms. The summed E-state index contributed by atoms with van der Waals surface area (Å²) in [4.78, 5) is 12.5. The Balaban J connectivity index is 2.33. The van der Waals surface area contributed by atoms with Crippen LogP contribution in [0.2, 0.25) is 0 Å². The van der Waals surface area contributed by atoms with E-state index in [9.17, 15) is 9.18 Å². The van der Waals surface area contributed by atoms with Gasteiger partial charge in [-0.1, -0.05) is 13.0 Å². The van der Waals surface area contributed by atoms with Crippen LogP contribution in [0.5, 0.6) is 5.75 Å². The summed E-state index contributed by atoms with van der Waals surface area (Å²) in [7, 11) is 1.40. The van der Waals surface area contributed by atoms with E-state index >= 15 is 0 Å². The van der Waals surface area contributed by atoms with Gasteiger partial charge in [-0.3, -0.25) is 4.79 Å².